The average molecular weight is 254 g/mol. The first-order valence-electron chi connectivity index (χ1n) is 5.99. The first kappa shape index (κ1) is 13.0. The maximum atomic E-state index is 12.0. The lowest BCUT2D eigenvalue weighted by Gasteiger charge is -2.26. The molecule has 0 spiro atoms. The number of rotatable bonds is 3. The van der Waals surface area contributed by atoms with E-state index >= 15 is 0 Å². The Hall–Kier alpha value is -1.40. The Bertz CT molecular complexity index is 396. The second-order valence-corrected chi connectivity index (χ2v) is 5.19. The number of amides is 1. The highest BCUT2D eigenvalue weighted by Gasteiger charge is 2.47. The molecule has 2 rings (SSSR count). The molecule has 0 aromatic carbocycles. The summed E-state index contributed by atoms with van der Waals surface area (Å²) in [6.07, 6.45) is 4.14. The van der Waals surface area contributed by atoms with Crippen molar-refractivity contribution in [1.29, 1.82) is 0 Å². The van der Waals surface area contributed by atoms with Crippen molar-refractivity contribution in [1.82, 2.24) is 5.32 Å². The van der Waals surface area contributed by atoms with Crippen LogP contribution in [0.15, 0.2) is 12.2 Å². The molecule has 1 heterocycles. The summed E-state index contributed by atoms with van der Waals surface area (Å²) < 4.78 is 5.18. The highest BCUT2D eigenvalue weighted by Crippen LogP contribution is 2.29. The van der Waals surface area contributed by atoms with Gasteiger partial charge in [-0.15, -0.1) is 0 Å². The van der Waals surface area contributed by atoms with Crippen LogP contribution in [0, 0.1) is 11.3 Å². The lowest BCUT2D eigenvalue weighted by Crippen LogP contribution is -2.51. The average Bonchev–Trinajstić information content (AvgIpc) is 2.87. The van der Waals surface area contributed by atoms with Gasteiger partial charge in [0.1, 0.15) is 5.41 Å². The second kappa shape index (κ2) is 4.70. The van der Waals surface area contributed by atoms with E-state index in [4.69, 9.17) is 10.5 Å². The number of carboxylic acid groups (broad SMARTS) is 1. The molecule has 0 bridgehead atoms. The third-order valence-electron chi connectivity index (χ3n) is 3.71. The van der Waals surface area contributed by atoms with Gasteiger partial charge in [0.05, 0.1) is 25.2 Å². The fourth-order valence-electron chi connectivity index (χ4n) is 2.29. The molecule has 100 valence electrons. The molecule has 2 aliphatic rings. The van der Waals surface area contributed by atoms with Gasteiger partial charge in [-0.3, -0.25) is 9.59 Å². The molecule has 1 saturated heterocycles. The van der Waals surface area contributed by atoms with Crippen LogP contribution in [0.25, 0.3) is 0 Å². The Balaban J connectivity index is 1.99. The molecule has 4 N–H and O–H groups in total. The Labute approximate surface area is 105 Å². The summed E-state index contributed by atoms with van der Waals surface area (Å²) in [5.74, 6) is -1.40. The van der Waals surface area contributed by atoms with Crippen LogP contribution in [0.4, 0.5) is 0 Å². The van der Waals surface area contributed by atoms with Crippen molar-refractivity contribution in [3.8, 4) is 0 Å². The van der Waals surface area contributed by atoms with Crippen LogP contribution in [0.3, 0.4) is 0 Å². The molecule has 0 radical (unpaired) electrons. The van der Waals surface area contributed by atoms with E-state index in [0.29, 0.717) is 6.42 Å². The van der Waals surface area contributed by atoms with Crippen molar-refractivity contribution in [2.24, 2.45) is 17.1 Å². The summed E-state index contributed by atoms with van der Waals surface area (Å²) in [5, 5.41) is 12.0. The number of ether oxygens (including phenoxy) is 1. The Morgan fingerprint density at radius 2 is 2.22 bits per heavy atom. The first-order chi connectivity index (χ1) is 8.43. The highest BCUT2D eigenvalue weighted by atomic mass is 16.5. The number of carboxylic acids is 1. The van der Waals surface area contributed by atoms with E-state index in [1.165, 1.54) is 0 Å². The van der Waals surface area contributed by atoms with Crippen LogP contribution in [0.2, 0.25) is 0 Å². The van der Waals surface area contributed by atoms with E-state index in [1.807, 2.05) is 0 Å². The molecule has 4 atom stereocenters. The Kier molecular flexibility index (Phi) is 3.41. The van der Waals surface area contributed by atoms with Gasteiger partial charge in [0.15, 0.2) is 0 Å². The van der Waals surface area contributed by atoms with E-state index in [2.05, 4.69) is 5.32 Å². The van der Waals surface area contributed by atoms with Crippen LogP contribution < -0.4 is 11.1 Å². The van der Waals surface area contributed by atoms with E-state index in [9.17, 15) is 14.7 Å². The second-order valence-electron chi connectivity index (χ2n) is 5.19. The molecule has 4 unspecified atom stereocenters. The molecular weight excluding hydrogens is 236 g/mol. The minimum atomic E-state index is -1.06. The predicted octanol–water partition coefficient (Wildman–Crippen LogP) is -0.504. The predicted molar refractivity (Wildman–Crippen MR) is 63.7 cm³/mol. The fraction of sp³-hybridized carbons (Fsp3) is 0.667. The molecule has 6 nitrogen and oxygen atoms in total. The molecule has 1 amide bonds. The van der Waals surface area contributed by atoms with E-state index in [-0.39, 0.29) is 31.1 Å². The molecule has 1 fully saturated rings. The SMILES string of the molecule is CC1(C(=O)O)COCC1NC(=O)C1C=CC(N)C1. The number of aliphatic carboxylic acids is 1. The van der Waals surface area contributed by atoms with Gasteiger partial charge in [-0.2, -0.15) is 0 Å². The number of carbonyl (C=O) groups excluding carboxylic acids is 1. The summed E-state index contributed by atoms with van der Waals surface area (Å²) in [6.45, 7) is 1.94. The van der Waals surface area contributed by atoms with Crippen LogP contribution in [0.1, 0.15) is 13.3 Å². The summed E-state index contributed by atoms with van der Waals surface area (Å²) in [7, 11) is 0. The topological polar surface area (TPSA) is 102 Å². The number of hydrogen-bond acceptors (Lipinski definition) is 4. The standard InChI is InChI=1S/C12H18N2O4/c1-12(11(16)17)6-18-5-9(12)14-10(15)7-2-3-8(13)4-7/h2-3,7-9H,4-6,13H2,1H3,(H,14,15)(H,16,17). The largest absolute Gasteiger partial charge is 0.481 e. The minimum absolute atomic E-state index is 0.0913. The van der Waals surface area contributed by atoms with Gasteiger partial charge in [0.25, 0.3) is 0 Å². The Morgan fingerprint density at radius 3 is 2.78 bits per heavy atom. The van der Waals surface area contributed by atoms with Gasteiger partial charge in [-0.1, -0.05) is 12.2 Å². The van der Waals surface area contributed by atoms with E-state index < -0.39 is 17.4 Å². The van der Waals surface area contributed by atoms with E-state index in [0.717, 1.165) is 0 Å². The number of hydrogen-bond donors (Lipinski definition) is 3. The smallest absolute Gasteiger partial charge is 0.313 e. The maximum absolute atomic E-state index is 12.0. The lowest BCUT2D eigenvalue weighted by molar-refractivity contribution is -0.149. The van der Waals surface area contributed by atoms with Gasteiger partial charge in [-0.25, -0.2) is 0 Å². The van der Waals surface area contributed by atoms with Crippen molar-refractivity contribution in [3.63, 3.8) is 0 Å². The fourth-order valence-corrected chi connectivity index (χ4v) is 2.29. The molecule has 0 aromatic rings. The number of nitrogens with two attached hydrogens (primary N) is 1. The molecule has 18 heavy (non-hydrogen) atoms. The van der Waals surface area contributed by atoms with Crippen molar-refractivity contribution >= 4 is 11.9 Å². The summed E-state index contributed by atoms with van der Waals surface area (Å²) in [4.78, 5) is 23.2. The zero-order valence-electron chi connectivity index (χ0n) is 10.3. The van der Waals surface area contributed by atoms with Gasteiger partial charge < -0.3 is 20.9 Å². The van der Waals surface area contributed by atoms with Crippen molar-refractivity contribution in [3.05, 3.63) is 12.2 Å². The normalized spacial score (nSPS) is 38.9. The van der Waals surface area contributed by atoms with E-state index in [1.54, 1.807) is 19.1 Å². The molecular formula is C12H18N2O4. The molecule has 0 saturated carbocycles. The quantitative estimate of drug-likeness (QED) is 0.589. The third-order valence-corrected chi connectivity index (χ3v) is 3.71. The van der Waals surface area contributed by atoms with Crippen molar-refractivity contribution < 1.29 is 19.4 Å². The summed E-state index contributed by atoms with van der Waals surface area (Å²) in [5.41, 5.74) is 4.63. The maximum Gasteiger partial charge on any atom is 0.313 e. The zero-order valence-corrected chi connectivity index (χ0v) is 10.3. The van der Waals surface area contributed by atoms with Crippen LogP contribution in [-0.4, -0.2) is 42.3 Å². The van der Waals surface area contributed by atoms with Gasteiger partial charge in [0, 0.05) is 6.04 Å². The number of carbonyl (C=O) groups is 2. The molecule has 6 heteroatoms. The van der Waals surface area contributed by atoms with Gasteiger partial charge >= 0.3 is 5.97 Å². The van der Waals surface area contributed by atoms with Crippen LogP contribution in [0.5, 0.6) is 0 Å². The summed E-state index contributed by atoms with van der Waals surface area (Å²) in [6, 6.07) is -0.584. The van der Waals surface area contributed by atoms with Crippen molar-refractivity contribution in [2.75, 3.05) is 13.2 Å². The summed E-state index contributed by atoms with van der Waals surface area (Å²) >= 11 is 0. The molecule has 1 aliphatic carbocycles. The third kappa shape index (κ3) is 2.26. The molecule has 0 aromatic heterocycles. The van der Waals surface area contributed by atoms with Crippen LogP contribution in [-0.2, 0) is 14.3 Å². The zero-order chi connectivity index (χ0) is 13.3. The van der Waals surface area contributed by atoms with Gasteiger partial charge in [-0.05, 0) is 13.3 Å². The van der Waals surface area contributed by atoms with Crippen molar-refractivity contribution in [2.45, 2.75) is 25.4 Å². The first-order valence-corrected chi connectivity index (χ1v) is 5.99. The minimum Gasteiger partial charge on any atom is -0.481 e. The van der Waals surface area contributed by atoms with Crippen LogP contribution >= 0.6 is 0 Å². The monoisotopic (exact) mass is 254 g/mol. The van der Waals surface area contributed by atoms with Gasteiger partial charge in [0.2, 0.25) is 5.91 Å². The Morgan fingerprint density at radius 1 is 1.50 bits per heavy atom. The lowest BCUT2D eigenvalue weighted by atomic mass is 9.85. The highest BCUT2D eigenvalue weighted by molar-refractivity contribution is 5.83. The number of nitrogens with one attached hydrogen (secondary N) is 1. The molecule has 1 aliphatic heterocycles.